The molecule has 0 radical (unpaired) electrons. The van der Waals surface area contributed by atoms with Gasteiger partial charge in [0.05, 0.1) is 10.6 Å². The molecule has 0 saturated carbocycles. The highest BCUT2D eigenvalue weighted by atomic mass is 35.5. The summed E-state index contributed by atoms with van der Waals surface area (Å²) in [6.07, 6.45) is 4.58. The highest BCUT2D eigenvalue weighted by Crippen LogP contribution is 2.25. The first-order valence-electron chi connectivity index (χ1n) is 8.06. The molecule has 2 aromatic rings. The van der Waals surface area contributed by atoms with E-state index in [0.29, 0.717) is 10.8 Å². The fraction of sp³-hybridized carbons (Fsp3) is 0.353. The highest BCUT2D eigenvalue weighted by molar-refractivity contribution is 7.91. The maximum atomic E-state index is 12.2. The first kappa shape index (κ1) is 17.8. The van der Waals surface area contributed by atoms with Crippen molar-refractivity contribution in [2.45, 2.75) is 37.0 Å². The molecule has 0 spiro atoms. The number of amides is 1. The Labute approximate surface area is 151 Å². The van der Waals surface area contributed by atoms with Gasteiger partial charge in [-0.05, 0) is 49.9 Å². The molecule has 8 heteroatoms. The van der Waals surface area contributed by atoms with Gasteiger partial charge in [-0.25, -0.2) is 18.4 Å². The van der Waals surface area contributed by atoms with Gasteiger partial charge in [-0.2, -0.15) is 0 Å². The van der Waals surface area contributed by atoms with Crippen LogP contribution in [0, 0.1) is 0 Å². The quantitative estimate of drug-likeness (QED) is 0.833. The molecular formula is C17H18ClN3O3S. The largest absolute Gasteiger partial charge is 0.310 e. The molecule has 0 saturated heterocycles. The van der Waals surface area contributed by atoms with Gasteiger partial charge in [-0.15, -0.1) is 0 Å². The lowest BCUT2D eigenvalue weighted by Gasteiger charge is -2.08. The zero-order valence-corrected chi connectivity index (χ0v) is 15.1. The lowest BCUT2D eigenvalue weighted by Crippen LogP contribution is -2.16. The molecule has 1 aromatic heterocycles. The fourth-order valence-corrected chi connectivity index (χ4v) is 4.28. The van der Waals surface area contributed by atoms with Crippen LogP contribution in [0.3, 0.4) is 0 Å². The number of halogens is 1. The molecule has 0 aliphatic heterocycles. The minimum absolute atomic E-state index is 0.0933. The van der Waals surface area contributed by atoms with E-state index >= 15 is 0 Å². The van der Waals surface area contributed by atoms with Gasteiger partial charge < -0.3 is 5.32 Å². The molecular weight excluding hydrogens is 362 g/mol. The minimum Gasteiger partial charge on any atom is -0.310 e. The van der Waals surface area contributed by atoms with E-state index in [1.807, 2.05) is 0 Å². The van der Waals surface area contributed by atoms with Crippen LogP contribution in [-0.2, 0) is 27.5 Å². The van der Waals surface area contributed by atoms with E-state index in [1.165, 1.54) is 30.6 Å². The number of hydrogen-bond donors (Lipinski definition) is 1. The zero-order valence-electron chi connectivity index (χ0n) is 13.5. The summed E-state index contributed by atoms with van der Waals surface area (Å²) < 4.78 is 24.5. The summed E-state index contributed by atoms with van der Waals surface area (Å²) in [6, 6.07) is 6.03. The number of aromatic nitrogens is 2. The molecule has 1 amide bonds. The van der Waals surface area contributed by atoms with Gasteiger partial charge in [-0.1, -0.05) is 11.6 Å². The van der Waals surface area contributed by atoms with E-state index < -0.39 is 9.84 Å². The third kappa shape index (κ3) is 4.35. The molecule has 1 heterocycles. The molecule has 0 fully saturated rings. The van der Waals surface area contributed by atoms with Crippen molar-refractivity contribution in [2.24, 2.45) is 0 Å². The van der Waals surface area contributed by atoms with Crippen LogP contribution in [0.5, 0.6) is 0 Å². The topological polar surface area (TPSA) is 89.0 Å². The van der Waals surface area contributed by atoms with Crippen molar-refractivity contribution in [1.82, 2.24) is 9.97 Å². The number of fused-ring (bicyclic) bond motifs is 1. The van der Waals surface area contributed by atoms with Gasteiger partial charge in [0, 0.05) is 22.7 Å². The number of carbonyl (C=O) groups excluding carboxylic acids is 1. The molecule has 1 aliphatic rings. The van der Waals surface area contributed by atoms with Gasteiger partial charge >= 0.3 is 0 Å². The summed E-state index contributed by atoms with van der Waals surface area (Å²) in [6.45, 7) is 0. The van der Waals surface area contributed by atoms with Crippen LogP contribution in [0.4, 0.5) is 5.82 Å². The Morgan fingerprint density at radius 3 is 2.68 bits per heavy atom. The Hall–Kier alpha value is -1.99. The molecule has 0 bridgehead atoms. The standard InChI is InChI=1S/C17H18ClN3O3S/c18-12-6-8-13(9-7-12)25(23,24)10-2-5-16(22)21-17-14-3-1-4-15(14)19-11-20-17/h6-9,11H,1-5,10H2,(H,19,20,21,22). The van der Waals surface area contributed by atoms with Crippen LogP contribution < -0.4 is 5.32 Å². The molecule has 25 heavy (non-hydrogen) atoms. The van der Waals surface area contributed by atoms with Gasteiger partial charge in [0.15, 0.2) is 9.84 Å². The average Bonchev–Trinajstić information content (AvgIpc) is 3.05. The van der Waals surface area contributed by atoms with Crippen LogP contribution in [0.1, 0.15) is 30.5 Å². The molecule has 0 unspecified atom stereocenters. The predicted octanol–water partition coefficient (Wildman–Crippen LogP) is 2.81. The molecule has 6 nitrogen and oxygen atoms in total. The van der Waals surface area contributed by atoms with Crippen molar-refractivity contribution in [3.63, 3.8) is 0 Å². The monoisotopic (exact) mass is 379 g/mol. The van der Waals surface area contributed by atoms with E-state index in [2.05, 4.69) is 15.3 Å². The van der Waals surface area contributed by atoms with Gasteiger partial charge in [-0.3, -0.25) is 4.79 Å². The number of nitrogens with zero attached hydrogens (tertiary/aromatic N) is 2. The molecule has 132 valence electrons. The Balaban J connectivity index is 1.55. The first-order chi connectivity index (χ1) is 12.0. The van der Waals surface area contributed by atoms with E-state index in [1.54, 1.807) is 0 Å². The zero-order chi connectivity index (χ0) is 17.9. The Morgan fingerprint density at radius 1 is 1.16 bits per heavy atom. The van der Waals surface area contributed by atoms with Gasteiger partial charge in [0.25, 0.3) is 0 Å². The normalized spacial score (nSPS) is 13.5. The van der Waals surface area contributed by atoms with Crippen LogP contribution in [0.2, 0.25) is 5.02 Å². The number of hydrogen-bond acceptors (Lipinski definition) is 5. The van der Waals surface area contributed by atoms with Crippen molar-refractivity contribution in [3.8, 4) is 0 Å². The van der Waals surface area contributed by atoms with Crippen LogP contribution in [0.25, 0.3) is 0 Å². The lowest BCUT2D eigenvalue weighted by atomic mass is 10.2. The van der Waals surface area contributed by atoms with Crippen molar-refractivity contribution < 1.29 is 13.2 Å². The maximum absolute atomic E-state index is 12.2. The van der Waals surface area contributed by atoms with Gasteiger partial charge in [0.1, 0.15) is 12.1 Å². The number of rotatable bonds is 6. The minimum atomic E-state index is -3.42. The highest BCUT2D eigenvalue weighted by Gasteiger charge is 2.19. The third-order valence-electron chi connectivity index (χ3n) is 4.12. The number of nitrogens with one attached hydrogen (secondary N) is 1. The summed E-state index contributed by atoms with van der Waals surface area (Å²) in [7, 11) is -3.42. The van der Waals surface area contributed by atoms with Crippen molar-refractivity contribution in [1.29, 1.82) is 0 Å². The number of anilines is 1. The van der Waals surface area contributed by atoms with E-state index in [-0.39, 0.29) is 29.4 Å². The second-order valence-electron chi connectivity index (χ2n) is 5.93. The van der Waals surface area contributed by atoms with Crippen LogP contribution >= 0.6 is 11.6 Å². The number of benzene rings is 1. The molecule has 3 rings (SSSR count). The molecule has 1 aromatic carbocycles. The molecule has 1 aliphatic carbocycles. The average molecular weight is 380 g/mol. The van der Waals surface area contributed by atoms with E-state index in [0.717, 1.165) is 30.5 Å². The number of sulfone groups is 1. The third-order valence-corrected chi connectivity index (χ3v) is 6.19. The Bertz CT molecular complexity index is 883. The Kier molecular flexibility index (Phi) is 5.34. The summed E-state index contributed by atoms with van der Waals surface area (Å²) in [5.74, 6) is 0.219. The van der Waals surface area contributed by atoms with Crippen molar-refractivity contribution in [2.75, 3.05) is 11.1 Å². The van der Waals surface area contributed by atoms with Gasteiger partial charge in [0.2, 0.25) is 5.91 Å². The summed E-state index contributed by atoms with van der Waals surface area (Å²) in [5, 5.41) is 3.26. The van der Waals surface area contributed by atoms with Crippen LogP contribution in [-0.4, -0.2) is 30.0 Å². The number of carbonyl (C=O) groups is 1. The molecule has 0 atom stereocenters. The predicted molar refractivity (Wildman–Crippen MR) is 95.4 cm³/mol. The second kappa shape index (κ2) is 7.49. The van der Waals surface area contributed by atoms with Crippen LogP contribution in [0.15, 0.2) is 35.5 Å². The Morgan fingerprint density at radius 2 is 1.92 bits per heavy atom. The van der Waals surface area contributed by atoms with E-state index in [9.17, 15) is 13.2 Å². The van der Waals surface area contributed by atoms with E-state index in [4.69, 9.17) is 11.6 Å². The second-order valence-corrected chi connectivity index (χ2v) is 8.47. The first-order valence-corrected chi connectivity index (χ1v) is 10.1. The number of aryl methyl sites for hydroxylation is 1. The summed E-state index contributed by atoms with van der Waals surface area (Å²) >= 11 is 5.77. The maximum Gasteiger partial charge on any atom is 0.225 e. The summed E-state index contributed by atoms with van der Waals surface area (Å²) in [5.41, 5.74) is 1.97. The fourth-order valence-electron chi connectivity index (χ4n) is 2.84. The van der Waals surface area contributed by atoms with Crippen molar-refractivity contribution >= 4 is 33.2 Å². The lowest BCUT2D eigenvalue weighted by molar-refractivity contribution is -0.116. The molecule has 1 N–H and O–H groups in total. The summed E-state index contributed by atoms with van der Waals surface area (Å²) in [4.78, 5) is 20.6. The smallest absolute Gasteiger partial charge is 0.225 e. The SMILES string of the molecule is O=C(CCCS(=O)(=O)c1ccc(Cl)cc1)Nc1ncnc2c1CCC2. The van der Waals surface area contributed by atoms with Crippen molar-refractivity contribution in [3.05, 3.63) is 46.9 Å².